The number of methoxy groups -OCH3 is 3. The molecule has 3 rings (SSSR count). The quantitative estimate of drug-likeness (QED) is 0.444. The Morgan fingerprint density at radius 3 is 2.44 bits per heavy atom. The SMILES string of the molecule is CCCSc1ccc2nc(N=Cc3cc(OC)c(OC)c(OC)c3)[nH]c2c1. The molecular weight excluding hydrogens is 362 g/mol. The lowest BCUT2D eigenvalue weighted by Gasteiger charge is -2.12. The smallest absolute Gasteiger partial charge is 0.227 e. The first-order chi connectivity index (χ1) is 13.2. The minimum absolute atomic E-state index is 0.552. The molecule has 0 saturated carbocycles. The summed E-state index contributed by atoms with van der Waals surface area (Å²) in [5.74, 6) is 3.38. The van der Waals surface area contributed by atoms with Gasteiger partial charge in [0.2, 0.25) is 11.7 Å². The van der Waals surface area contributed by atoms with E-state index >= 15 is 0 Å². The van der Waals surface area contributed by atoms with Crippen molar-refractivity contribution in [1.82, 2.24) is 9.97 Å². The van der Waals surface area contributed by atoms with E-state index in [1.165, 1.54) is 4.90 Å². The van der Waals surface area contributed by atoms with Crippen molar-refractivity contribution in [2.75, 3.05) is 27.1 Å². The molecule has 1 aromatic heterocycles. The summed E-state index contributed by atoms with van der Waals surface area (Å²) in [4.78, 5) is 13.5. The number of hydrogen-bond donors (Lipinski definition) is 1. The van der Waals surface area contributed by atoms with Crippen LogP contribution in [0.5, 0.6) is 17.2 Å². The third-order valence-corrected chi connectivity index (χ3v) is 5.14. The number of nitrogens with zero attached hydrogens (tertiary/aromatic N) is 2. The van der Waals surface area contributed by atoms with Crippen LogP contribution in [0.1, 0.15) is 18.9 Å². The molecule has 0 saturated heterocycles. The highest BCUT2D eigenvalue weighted by molar-refractivity contribution is 7.99. The summed E-state index contributed by atoms with van der Waals surface area (Å²) in [7, 11) is 4.76. The van der Waals surface area contributed by atoms with Gasteiger partial charge in [0.25, 0.3) is 0 Å². The number of imidazole rings is 1. The fourth-order valence-corrected chi connectivity index (χ4v) is 3.46. The lowest BCUT2D eigenvalue weighted by Crippen LogP contribution is -1.96. The minimum atomic E-state index is 0.552. The summed E-state index contributed by atoms with van der Waals surface area (Å²) in [6, 6.07) is 9.90. The molecular formula is C20H23N3O3S. The summed E-state index contributed by atoms with van der Waals surface area (Å²) in [5, 5.41) is 0. The molecule has 0 amide bonds. The number of aliphatic imine (C=N–C) groups is 1. The molecule has 0 fully saturated rings. The Bertz CT molecular complexity index is 928. The molecule has 2 aromatic carbocycles. The van der Waals surface area contributed by atoms with Crippen LogP contribution in [0.2, 0.25) is 0 Å². The van der Waals surface area contributed by atoms with E-state index in [9.17, 15) is 0 Å². The van der Waals surface area contributed by atoms with Gasteiger partial charge in [-0.1, -0.05) is 6.92 Å². The van der Waals surface area contributed by atoms with E-state index in [0.717, 1.165) is 28.8 Å². The van der Waals surface area contributed by atoms with Crippen molar-refractivity contribution >= 4 is 35.0 Å². The maximum absolute atomic E-state index is 5.37. The van der Waals surface area contributed by atoms with Gasteiger partial charge in [-0.25, -0.2) is 9.98 Å². The Hall–Kier alpha value is -2.67. The monoisotopic (exact) mass is 385 g/mol. The number of nitrogens with one attached hydrogen (secondary N) is 1. The zero-order chi connectivity index (χ0) is 19.2. The van der Waals surface area contributed by atoms with Crippen LogP contribution in [0, 0.1) is 0 Å². The van der Waals surface area contributed by atoms with Gasteiger partial charge in [0.1, 0.15) is 0 Å². The van der Waals surface area contributed by atoms with Gasteiger partial charge >= 0.3 is 0 Å². The van der Waals surface area contributed by atoms with Crippen LogP contribution < -0.4 is 14.2 Å². The van der Waals surface area contributed by atoms with Gasteiger partial charge in [-0.15, -0.1) is 11.8 Å². The number of H-pyrrole nitrogens is 1. The summed E-state index contributed by atoms with van der Waals surface area (Å²) in [5.41, 5.74) is 2.70. The Morgan fingerprint density at radius 2 is 1.81 bits per heavy atom. The number of rotatable bonds is 8. The van der Waals surface area contributed by atoms with E-state index in [1.807, 2.05) is 30.0 Å². The van der Waals surface area contributed by atoms with Crippen LogP contribution in [0.4, 0.5) is 5.95 Å². The van der Waals surface area contributed by atoms with Gasteiger partial charge in [-0.3, -0.25) is 0 Å². The summed E-state index contributed by atoms with van der Waals surface area (Å²) >= 11 is 1.84. The topological polar surface area (TPSA) is 68.7 Å². The number of ether oxygens (including phenoxy) is 3. The number of hydrogen-bond acceptors (Lipinski definition) is 6. The lowest BCUT2D eigenvalue weighted by molar-refractivity contribution is 0.324. The molecule has 0 bridgehead atoms. The van der Waals surface area contributed by atoms with Crippen LogP contribution >= 0.6 is 11.8 Å². The molecule has 0 aliphatic carbocycles. The van der Waals surface area contributed by atoms with Gasteiger partial charge in [0, 0.05) is 16.7 Å². The molecule has 6 nitrogen and oxygen atoms in total. The summed E-state index contributed by atoms with van der Waals surface area (Å²) in [6.45, 7) is 2.18. The van der Waals surface area contributed by atoms with Gasteiger partial charge in [-0.2, -0.15) is 0 Å². The molecule has 1 heterocycles. The van der Waals surface area contributed by atoms with Crippen LogP contribution in [-0.4, -0.2) is 43.3 Å². The molecule has 0 radical (unpaired) electrons. The second kappa shape index (κ2) is 8.81. The molecule has 0 aliphatic rings. The molecule has 0 aliphatic heterocycles. The lowest BCUT2D eigenvalue weighted by atomic mass is 10.2. The molecule has 0 spiro atoms. The van der Waals surface area contributed by atoms with Crippen molar-refractivity contribution in [1.29, 1.82) is 0 Å². The Balaban J connectivity index is 1.87. The number of benzene rings is 2. The minimum Gasteiger partial charge on any atom is -0.493 e. The molecule has 0 atom stereocenters. The van der Waals surface area contributed by atoms with Crippen molar-refractivity contribution in [3.63, 3.8) is 0 Å². The molecule has 7 heteroatoms. The number of aromatic nitrogens is 2. The Labute approximate surface area is 163 Å². The van der Waals surface area contributed by atoms with E-state index < -0.39 is 0 Å². The third kappa shape index (κ3) is 4.36. The first-order valence-corrected chi connectivity index (χ1v) is 9.63. The van der Waals surface area contributed by atoms with Crippen molar-refractivity contribution < 1.29 is 14.2 Å². The maximum atomic E-state index is 5.37. The highest BCUT2D eigenvalue weighted by Crippen LogP contribution is 2.37. The number of thioether (sulfide) groups is 1. The largest absolute Gasteiger partial charge is 0.493 e. The number of aromatic amines is 1. The average Bonchev–Trinajstić information content (AvgIpc) is 3.11. The van der Waals surface area contributed by atoms with E-state index in [2.05, 4.69) is 34.0 Å². The molecule has 3 aromatic rings. The van der Waals surface area contributed by atoms with Crippen LogP contribution in [0.3, 0.4) is 0 Å². The normalized spacial score (nSPS) is 11.3. The van der Waals surface area contributed by atoms with Crippen molar-refractivity contribution in [3.8, 4) is 17.2 Å². The second-order valence-electron chi connectivity index (χ2n) is 5.80. The zero-order valence-electron chi connectivity index (χ0n) is 15.9. The highest BCUT2D eigenvalue weighted by Gasteiger charge is 2.12. The van der Waals surface area contributed by atoms with E-state index in [1.54, 1.807) is 27.5 Å². The van der Waals surface area contributed by atoms with Gasteiger partial charge < -0.3 is 19.2 Å². The van der Waals surface area contributed by atoms with Crippen LogP contribution in [0.25, 0.3) is 11.0 Å². The Kier molecular flexibility index (Phi) is 6.24. The maximum Gasteiger partial charge on any atom is 0.227 e. The summed E-state index contributed by atoms with van der Waals surface area (Å²) < 4.78 is 16.1. The van der Waals surface area contributed by atoms with Crippen molar-refractivity contribution in [3.05, 3.63) is 35.9 Å². The molecule has 1 N–H and O–H groups in total. The standard InChI is InChI=1S/C20H23N3O3S/c1-5-8-27-14-6-7-15-16(11-14)23-20(22-15)21-12-13-9-17(24-2)19(26-4)18(10-13)25-3/h6-7,9-12H,5,8H2,1-4H3,(H,22,23). The predicted octanol–water partition coefficient (Wildman–Crippen LogP) is 4.84. The van der Waals surface area contributed by atoms with Crippen LogP contribution in [-0.2, 0) is 0 Å². The van der Waals surface area contributed by atoms with Gasteiger partial charge in [-0.05, 0) is 42.5 Å². The highest BCUT2D eigenvalue weighted by atomic mass is 32.2. The Morgan fingerprint density at radius 1 is 1.07 bits per heavy atom. The first kappa shape index (κ1) is 19.1. The second-order valence-corrected chi connectivity index (χ2v) is 6.97. The van der Waals surface area contributed by atoms with E-state index in [0.29, 0.717) is 23.2 Å². The molecule has 27 heavy (non-hydrogen) atoms. The van der Waals surface area contributed by atoms with Crippen molar-refractivity contribution in [2.45, 2.75) is 18.2 Å². The van der Waals surface area contributed by atoms with Crippen molar-refractivity contribution in [2.24, 2.45) is 4.99 Å². The van der Waals surface area contributed by atoms with Crippen LogP contribution in [0.15, 0.2) is 40.2 Å². The molecule has 142 valence electrons. The van der Waals surface area contributed by atoms with Gasteiger partial charge in [0.05, 0.1) is 32.4 Å². The molecule has 0 unspecified atom stereocenters. The number of fused-ring (bicyclic) bond motifs is 1. The summed E-state index contributed by atoms with van der Waals surface area (Å²) in [6.07, 6.45) is 2.87. The van der Waals surface area contributed by atoms with Gasteiger partial charge in [0.15, 0.2) is 11.5 Å². The predicted molar refractivity (Wildman–Crippen MR) is 110 cm³/mol. The van der Waals surface area contributed by atoms with E-state index in [4.69, 9.17) is 14.2 Å². The van der Waals surface area contributed by atoms with E-state index in [-0.39, 0.29) is 0 Å². The third-order valence-electron chi connectivity index (χ3n) is 3.94. The first-order valence-electron chi connectivity index (χ1n) is 8.65. The zero-order valence-corrected chi connectivity index (χ0v) is 16.7. The fourth-order valence-electron chi connectivity index (χ4n) is 2.66. The average molecular weight is 385 g/mol. The fraction of sp³-hybridized carbons (Fsp3) is 0.300.